The van der Waals surface area contributed by atoms with Gasteiger partial charge in [-0.3, -0.25) is 0 Å². The lowest BCUT2D eigenvalue weighted by atomic mass is 9.97. The fraction of sp³-hybridized carbons (Fsp3) is 0.333. The van der Waals surface area contributed by atoms with E-state index in [0.717, 1.165) is 17.5 Å². The molecule has 0 saturated carbocycles. The van der Waals surface area contributed by atoms with Gasteiger partial charge < -0.3 is 14.2 Å². The van der Waals surface area contributed by atoms with Crippen LogP contribution in [0, 0.1) is 12.8 Å². The highest BCUT2D eigenvalue weighted by Crippen LogP contribution is 2.48. The molecule has 0 aromatic heterocycles. The Morgan fingerprint density at radius 3 is 2.74 bits per heavy atom. The summed E-state index contributed by atoms with van der Waals surface area (Å²) in [7, 11) is 0. The summed E-state index contributed by atoms with van der Waals surface area (Å²) < 4.78 is 16.0. The number of esters is 2. The smallest absolute Gasteiger partial charge is 0.338 e. The van der Waals surface area contributed by atoms with Crippen molar-refractivity contribution in [1.82, 2.24) is 0 Å². The molecule has 1 aromatic rings. The first-order valence-electron chi connectivity index (χ1n) is 7.59. The van der Waals surface area contributed by atoms with Gasteiger partial charge in [-0.1, -0.05) is 18.2 Å². The van der Waals surface area contributed by atoms with Crippen LogP contribution < -0.4 is 0 Å². The first-order valence-corrected chi connectivity index (χ1v) is 7.59. The minimum atomic E-state index is -0.771. The number of fused-ring (bicyclic) bond motifs is 3. The average molecular weight is 312 g/mol. The number of benzene rings is 1. The highest BCUT2D eigenvalue weighted by Gasteiger charge is 2.47. The molecule has 23 heavy (non-hydrogen) atoms. The summed E-state index contributed by atoms with van der Waals surface area (Å²) in [6.07, 6.45) is 2.72. The van der Waals surface area contributed by atoms with Crippen molar-refractivity contribution in [3.63, 3.8) is 0 Å². The highest BCUT2D eigenvalue weighted by molar-refractivity contribution is 5.92. The van der Waals surface area contributed by atoms with Crippen molar-refractivity contribution >= 4 is 11.9 Å². The van der Waals surface area contributed by atoms with Crippen LogP contribution >= 0.6 is 0 Å². The molecule has 0 unspecified atom stereocenters. The van der Waals surface area contributed by atoms with Crippen LogP contribution in [-0.2, 0) is 30.2 Å². The fourth-order valence-corrected chi connectivity index (χ4v) is 3.47. The van der Waals surface area contributed by atoms with Gasteiger partial charge in [-0.25, -0.2) is 9.59 Å². The summed E-state index contributed by atoms with van der Waals surface area (Å²) in [5.41, 5.74) is 4.45. The molecule has 1 fully saturated rings. The second-order valence-electron chi connectivity index (χ2n) is 6.12. The van der Waals surface area contributed by atoms with Crippen molar-refractivity contribution in [3.8, 4) is 0 Å². The normalized spacial score (nSPS) is 29.9. The molecule has 2 aliphatic heterocycles. The maximum absolute atomic E-state index is 12.1. The molecule has 1 aromatic carbocycles. The second kappa shape index (κ2) is 4.98. The molecule has 0 bridgehead atoms. The van der Waals surface area contributed by atoms with E-state index in [1.807, 2.05) is 19.1 Å². The average Bonchev–Trinajstić information content (AvgIpc) is 3.10. The first kappa shape index (κ1) is 14.1. The quantitative estimate of drug-likeness (QED) is 0.477. The molecule has 0 amide bonds. The Morgan fingerprint density at radius 2 is 2.00 bits per heavy atom. The number of cyclic esters (lactones) is 1. The zero-order valence-electron chi connectivity index (χ0n) is 12.9. The molecule has 0 spiro atoms. The lowest BCUT2D eigenvalue weighted by molar-refractivity contribution is -0.152. The van der Waals surface area contributed by atoms with E-state index in [9.17, 15) is 9.59 Å². The molecule has 2 heterocycles. The van der Waals surface area contributed by atoms with Crippen molar-refractivity contribution in [2.24, 2.45) is 5.92 Å². The third kappa shape index (κ3) is 2.15. The van der Waals surface area contributed by atoms with Crippen molar-refractivity contribution in [1.29, 1.82) is 0 Å². The molecule has 1 saturated heterocycles. The molecule has 0 radical (unpaired) electrons. The molecule has 5 nitrogen and oxygen atoms in total. The molecular weight excluding hydrogens is 296 g/mol. The fourth-order valence-electron chi connectivity index (χ4n) is 3.47. The summed E-state index contributed by atoms with van der Waals surface area (Å²) >= 11 is 0. The number of carbonyl (C=O) groups is 2. The van der Waals surface area contributed by atoms with Gasteiger partial charge in [0.15, 0.2) is 0 Å². The second-order valence-corrected chi connectivity index (χ2v) is 6.12. The Bertz CT molecular complexity index is 774. The van der Waals surface area contributed by atoms with Gasteiger partial charge in [-0.2, -0.15) is 0 Å². The van der Waals surface area contributed by atoms with Gasteiger partial charge in [0.25, 0.3) is 6.29 Å². The van der Waals surface area contributed by atoms with Crippen molar-refractivity contribution < 1.29 is 23.8 Å². The third-order valence-corrected chi connectivity index (χ3v) is 4.63. The monoisotopic (exact) mass is 312 g/mol. The Hall–Kier alpha value is -2.56. The first-order chi connectivity index (χ1) is 11.0. The minimum absolute atomic E-state index is 0.0409. The van der Waals surface area contributed by atoms with Gasteiger partial charge >= 0.3 is 11.9 Å². The van der Waals surface area contributed by atoms with Gasteiger partial charge in [0.05, 0.1) is 11.8 Å². The Balaban J connectivity index is 1.58. The van der Waals surface area contributed by atoms with E-state index in [1.165, 1.54) is 11.8 Å². The third-order valence-electron chi connectivity index (χ3n) is 4.63. The van der Waals surface area contributed by atoms with E-state index in [4.69, 9.17) is 14.2 Å². The minimum Gasteiger partial charge on any atom is -0.458 e. The number of ether oxygens (including phenoxy) is 3. The zero-order valence-corrected chi connectivity index (χ0v) is 12.9. The zero-order chi connectivity index (χ0) is 16.1. The van der Waals surface area contributed by atoms with Crippen LogP contribution in [0.4, 0.5) is 0 Å². The largest absolute Gasteiger partial charge is 0.458 e. The van der Waals surface area contributed by atoms with Crippen molar-refractivity contribution in [2.75, 3.05) is 0 Å². The topological polar surface area (TPSA) is 61.8 Å². The van der Waals surface area contributed by atoms with E-state index < -0.39 is 12.3 Å². The van der Waals surface area contributed by atoms with Crippen LogP contribution in [0.15, 0.2) is 41.7 Å². The van der Waals surface area contributed by atoms with Gasteiger partial charge in [0, 0.05) is 17.6 Å². The summed E-state index contributed by atoms with van der Waals surface area (Å²) in [5.74, 6) is -0.802. The standard InChI is InChI=1S/C18H16O5/c1-9-4-3-5-11-7-12-13(18(20)23-16(12)15(9)11)8-21-14-6-10(2)17(19)22-14/h3-6,8,12,14,16H,7H2,1-2H3/b13-8+/t12-,14+,16+/m1/s1. The summed E-state index contributed by atoms with van der Waals surface area (Å²) in [5, 5.41) is 0. The molecular formula is C18H16O5. The van der Waals surface area contributed by atoms with Crippen molar-refractivity contribution in [2.45, 2.75) is 32.7 Å². The predicted molar refractivity (Wildman–Crippen MR) is 80.0 cm³/mol. The lowest BCUT2D eigenvalue weighted by Gasteiger charge is -2.11. The van der Waals surface area contributed by atoms with E-state index in [1.54, 1.807) is 13.0 Å². The Labute approximate surface area is 133 Å². The number of hydrogen-bond acceptors (Lipinski definition) is 5. The van der Waals surface area contributed by atoms with Gasteiger partial charge in [0.1, 0.15) is 6.10 Å². The number of rotatable bonds is 2. The number of hydrogen-bond donors (Lipinski definition) is 0. The van der Waals surface area contributed by atoms with E-state index in [-0.39, 0.29) is 18.0 Å². The molecule has 3 atom stereocenters. The SMILES string of the molecule is CC1=C[C@@H](O/C=C2/C(=O)O[C@@H]3c4c(C)cccc4C[C@H]23)OC1=O. The molecule has 1 aliphatic carbocycles. The molecule has 0 N–H and O–H groups in total. The predicted octanol–water partition coefficient (Wildman–Crippen LogP) is 2.49. The summed E-state index contributed by atoms with van der Waals surface area (Å²) in [4.78, 5) is 23.5. The maximum Gasteiger partial charge on any atom is 0.338 e. The van der Waals surface area contributed by atoms with Crippen LogP contribution in [0.3, 0.4) is 0 Å². The van der Waals surface area contributed by atoms with Crippen LogP contribution in [0.2, 0.25) is 0 Å². The van der Waals surface area contributed by atoms with Gasteiger partial charge in [0.2, 0.25) is 0 Å². The molecule has 118 valence electrons. The van der Waals surface area contributed by atoms with Crippen LogP contribution in [0.5, 0.6) is 0 Å². The molecule has 3 aliphatic rings. The van der Waals surface area contributed by atoms with Gasteiger partial charge in [-0.05, 0) is 37.0 Å². The highest BCUT2D eigenvalue weighted by atomic mass is 16.7. The summed E-state index contributed by atoms with van der Waals surface area (Å²) in [6.45, 7) is 3.69. The summed E-state index contributed by atoms with van der Waals surface area (Å²) in [6, 6.07) is 6.11. The van der Waals surface area contributed by atoms with Crippen LogP contribution in [0.1, 0.15) is 29.7 Å². The maximum atomic E-state index is 12.1. The molecule has 5 heteroatoms. The van der Waals surface area contributed by atoms with Crippen LogP contribution in [0.25, 0.3) is 0 Å². The molecule has 4 rings (SSSR count). The van der Waals surface area contributed by atoms with E-state index >= 15 is 0 Å². The lowest BCUT2D eigenvalue weighted by Crippen LogP contribution is -2.11. The number of aryl methyl sites for hydroxylation is 1. The Kier molecular flexibility index (Phi) is 3.04. The Morgan fingerprint density at radius 1 is 1.17 bits per heavy atom. The van der Waals surface area contributed by atoms with Crippen molar-refractivity contribution in [3.05, 3.63) is 58.4 Å². The van der Waals surface area contributed by atoms with E-state index in [0.29, 0.717) is 11.1 Å². The van der Waals surface area contributed by atoms with Gasteiger partial charge in [-0.15, -0.1) is 0 Å². The van der Waals surface area contributed by atoms with Crippen LogP contribution in [-0.4, -0.2) is 18.2 Å². The number of carbonyl (C=O) groups excluding carboxylic acids is 2. The van der Waals surface area contributed by atoms with E-state index in [2.05, 4.69) is 6.07 Å².